The van der Waals surface area contributed by atoms with Crippen molar-refractivity contribution in [1.82, 2.24) is 4.98 Å². The molecule has 0 radical (unpaired) electrons. The van der Waals surface area contributed by atoms with E-state index >= 15 is 0 Å². The molecule has 5 nitrogen and oxygen atoms in total. The molecular weight excluding hydrogens is 346 g/mol. The summed E-state index contributed by atoms with van der Waals surface area (Å²) >= 11 is 7.04. The molecular formula is C17H16ClN3O2S. The largest absolute Gasteiger partial charge is 0.380 e. The molecule has 7 heteroatoms. The second-order valence-electron chi connectivity index (χ2n) is 4.99. The highest BCUT2D eigenvalue weighted by molar-refractivity contribution is 8.00. The summed E-state index contributed by atoms with van der Waals surface area (Å²) < 4.78 is 5.12. The van der Waals surface area contributed by atoms with Crippen LogP contribution in [0.5, 0.6) is 0 Å². The molecule has 0 unspecified atom stereocenters. The highest BCUT2D eigenvalue weighted by Crippen LogP contribution is 2.25. The quantitative estimate of drug-likeness (QED) is 0.792. The normalized spacial score (nSPS) is 10.2. The van der Waals surface area contributed by atoms with E-state index in [0.29, 0.717) is 27.9 Å². The van der Waals surface area contributed by atoms with Gasteiger partial charge in [-0.25, -0.2) is 4.98 Å². The highest BCUT2D eigenvalue weighted by atomic mass is 35.5. The number of carbonyl (C=O) groups excluding carboxylic acids is 1. The summed E-state index contributed by atoms with van der Waals surface area (Å²) in [5, 5.41) is 13.3. The van der Waals surface area contributed by atoms with Crippen LogP contribution in [0.4, 0.5) is 5.69 Å². The molecule has 1 amide bonds. The molecule has 1 N–H and O–H groups in total. The number of halogens is 1. The van der Waals surface area contributed by atoms with E-state index < -0.39 is 0 Å². The molecule has 0 aliphatic rings. The van der Waals surface area contributed by atoms with Crippen LogP contribution in [0.1, 0.15) is 16.8 Å². The van der Waals surface area contributed by atoms with Crippen molar-refractivity contribution in [1.29, 1.82) is 5.26 Å². The summed E-state index contributed by atoms with van der Waals surface area (Å²) in [4.78, 5) is 16.4. The van der Waals surface area contributed by atoms with E-state index in [-0.39, 0.29) is 11.7 Å². The van der Waals surface area contributed by atoms with Gasteiger partial charge in [-0.15, -0.1) is 0 Å². The van der Waals surface area contributed by atoms with Crippen LogP contribution in [0.2, 0.25) is 5.02 Å². The van der Waals surface area contributed by atoms with Gasteiger partial charge >= 0.3 is 0 Å². The minimum Gasteiger partial charge on any atom is -0.380 e. The number of aromatic nitrogens is 1. The molecule has 1 aromatic heterocycles. The lowest BCUT2D eigenvalue weighted by Crippen LogP contribution is -2.14. The van der Waals surface area contributed by atoms with Crippen LogP contribution in [0.3, 0.4) is 0 Å². The Morgan fingerprint density at radius 3 is 2.75 bits per heavy atom. The third-order valence-corrected chi connectivity index (χ3v) is 4.30. The van der Waals surface area contributed by atoms with Crippen LogP contribution in [-0.2, 0) is 16.1 Å². The summed E-state index contributed by atoms with van der Waals surface area (Å²) in [7, 11) is 1.57. The Morgan fingerprint density at radius 1 is 1.42 bits per heavy atom. The van der Waals surface area contributed by atoms with E-state index in [0.717, 1.165) is 11.3 Å². The topological polar surface area (TPSA) is 75.0 Å². The van der Waals surface area contributed by atoms with Crippen LogP contribution in [-0.4, -0.2) is 23.8 Å². The van der Waals surface area contributed by atoms with Gasteiger partial charge in [-0.05, 0) is 42.8 Å². The van der Waals surface area contributed by atoms with Crippen LogP contribution >= 0.6 is 23.4 Å². The molecule has 0 saturated heterocycles. The van der Waals surface area contributed by atoms with Gasteiger partial charge in [0.1, 0.15) is 11.1 Å². The Labute approximate surface area is 150 Å². The third-order valence-electron chi connectivity index (χ3n) is 3.08. The SMILES string of the molecule is COCc1cc(C)nc(SCC(=O)Nc2ccc(Cl)cc2)c1C#N. The lowest BCUT2D eigenvalue weighted by molar-refractivity contribution is -0.113. The Bertz CT molecular complexity index is 773. The van der Waals surface area contributed by atoms with Crippen molar-refractivity contribution >= 4 is 35.0 Å². The molecule has 1 aromatic carbocycles. The zero-order chi connectivity index (χ0) is 17.5. The Balaban J connectivity index is 2.07. The predicted molar refractivity (Wildman–Crippen MR) is 95.2 cm³/mol. The monoisotopic (exact) mass is 361 g/mol. The van der Waals surface area contributed by atoms with Crippen molar-refractivity contribution in [3.05, 3.63) is 52.2 Å². The molecule has 0 aliphatic carbocycles. The number of aryl methyl sites for hydroxylation is 1. The maximum atomic E-state index is 12.1. The number of nitrogens with zero attached hydrogens (tertiary/aromatic N) is 2. The summed E-state index contributed by atoms with van der Waals surface area (Å²) in [6, 6.07) is 10.8. The lowest BCUT2D eigenvalue weighted by atomic mass is 10.1. The predicted octanol–water partition coefficient (Wildman–Crippen LogP) is 3.79. The van der Waals surface area contributed by atoms with Gasteiger partial charge in [0.05, 0.1) is 17.9 Å². The Hall–Kier alpha value is -2.07. The van der Waals surface area contributed by atoms with Crippen molar-refractivity contribution < 1.29 is 9.53 Å². The van der Waals surface area contributed by atoms with Crippen molar-refractivity contribution in [2.45, 2.75) is 18.6 Å². The molecule has 2 aromatic rings. The molecule has 1 heterocycles. The van der Waals surface area contributed by atoms with Crippen molar-refractivity contribution in [3.8, 4) is 6.07 Å². The van der Waals surface area contributed by atoms with Gasteiger partial charge < -0.3 is 10.1 Å². The third kappa shape index (κ3) is 4.96. The number of rotatable bonds is 6. The zero-order valence-corrected chi connectivity index (χ0v) is 14.9. The van der Waals surface area contributed by atoms with Gasteiger partial charge in [-0.2, -0.15) is 5.26 Å². The van der Waals surface area contributed by atoms with Crippen molar-refractivity contribution in [2.24, 2.45) is 0 Å². The van der Waals surface area contributed by atoms with Gasteiger partial charge in [-0.3, -0.25) is 4.79 Å². The number of hydrogen-bond acceptors (Lipinski definition) is 5. The number of amides is 1. The number of thioether (sulfide) groups is 1. The zero-order valence-electron chi connectivity index (χ0n) is 13.3. The number of nitrogens with one attached hydrogen (secondary N) is 1. The number of benzene rings is 1. The molecule has 0 spiro atoms. The molecule has 0 atom stereocenters. The van der Waals surface area contributed by atoms with E-state index in [2.05, 4.69) is 16.4 Å². The number of pyridine rings is 1. The van der Waals surface area contributed by atoms with Crippen LogP contribution in [0.25, 0.3) is 0 Å². The van der Waals surface area contributed by atoms with Gasteiger partial charge in [0.15, 0.2) is 0 Å². The average molecular weight is 362 g/mol. The first kappa shape index (κ1) is 18.3. The van der Waals surface area contributed by atoms with Crippen LogP contribution < -0.4 is 5.32 Å². The molecule has 24 heavy (non-hydrogen) atoms. The fourth-order valence-corrected chi connectivity index (χ4v) is 3.06. The first-order valence-corrected chi connectivity index (χ1v) is 8.47. The van der Waals surface area contributed by atoms with Gasteiger partial charge in [0.25, 0.3) is 0 Å². The van der Waals surface area contributed by atoms with E-state index in [1.165, 1.54) is 11.8 Å². The average Bonchev–Trinajstić information content (AvgIpc) is 2.55. The first-order valence-electron chi connectivity index (χ1n) is 7.11. The molecule has 2 rings (SSSR count). The highest BCUT2D eigenvalue weighted by Gasteiger charge is 2.13. The number of carbonyl (C=O) groups is 1. The number of anilines is 1. The summed E-state index contributed by atoms with van der Waals surface area (Å²) in [6.07, 6.45) is 0. The summed E-state index contributed by atoms with van der Waals surface area (Å²) in [6.45, 7) is 2.18. The number of ether oxygens (including phenoxy) is 1. The minimum absolute atomic E-state index is 0.153. The van der Waals surface area contributed by atoms with E-state index in [9.17, 15) is 10.1 Å². The Morgan fingerprint density at radius 2 is 2.12 bits per heavy atom. The molecule has 0 aliphatic heterocycles. The maximum Gasteiger partial charge on any atom is 0.234 e. The molecule has 124 valence electrons. The van der Waals surface area contributed by atoms with Gasteiger partial charge in [0.2, 0.25) is 5.91 Å². The first-order chi connectivity index (χ1) is 11.5. The smallest absolute Gasteiger partial charge is 0.234 e. The number of hydrogen-bond donors (Lipinski definition) is 1. The minimum atomic E-state index is -0.178. The standard InChI is InChI=1S/C17H16ClN3O2S/c1-11-7-12(9-23-2)15(8-19)17(20-11)24-10-16(22)21-14-5-3-13(18)4-6-14/h3-7H,9-10H2,1-2H3,(H,21,22). The number of methoxy groups -OCH3 is 1. The molecule has 0 bridgehead atoms. The summed E-state index contributed by atoms with van der Waals surface area (Å²) in [5.74, 6) is -0.0250. The lowest BCUT2D eigenvalue weighted by Gasteiger charge is -2.10. The van der Waals surface area contributed by atoms with Crippen LogP contribution in [0.15, 0.2) is 35.4 Å². The van der Waals surface area contributed by atoms with E-state index in [4.69, 9.17) is 16.3 Å². The second-order valence-corrected chi connectivity index (χ2v) is 6.39. The second kappa shape index (κ2) is 8.69. The maximum absolute atomic E-state index is 12.1. The summed E-state index contributed by atoms with van der Waals surface area (Å²) in [5.41, 5.74) is 2.67. The van der Waals surface area contributed by atoms with E-state index in [1.54, 1.807) is 31.4 Å². The fourth-order valence-electron chi connectivity index (χ4n) is 2.07. The molecule has 0 fully saturated rings. The van der Waals surface area contributed by atoms with Gasteiger partial charge in [-0.1, -0.05) is 23.4 Å². The van der Waals surface area contributed by atoms with Gasteiger partial charge in [0, 0.05) is 23.5 Å². The van der Waals surface area contributed by atoms with E-state index in [1.807, 2.05) is 13.0 Å². The fraction of sp³-hybridized carbons (Fsp3) is 0.235. The van der Waals surface area contributed by atoms with Crippen LogP contribution in [0, 0.1) is 18.3 Å². The van der Waals surface area contributed by atoms with Crippen molar-refractivity contribution in [2.75, 3.05) is 18.2 Å². The van der Waals surface area contributed by atoms with Crippen molar-refractivity contribution in [3.63, 3.8) is 0 Å². The molecule has 0 saturated carbocycles. The number of nitriles is 1. The Kier molecular flexibility index (Phi) is 6.62.